The summed E-state index contributed by atoms with van der Waals surface area (Å²) in [5.74, 6) is -0.269. The van der Waals surface area contributed by atoms with E-state index in [-0.39, 0.29) is 5.82 Å². The first kappa shape index (κ1) is 11.4. The molecule has 0 spiro atoms. The highest BCUT2D eigenvalue weighted by molar-refractivity contribution is 8.00. The molecule has 1 aromatic rings. The van der Waals surface area contributed by atoms with Crippen molar-refractivity contribution in [2.45, 2.75) is 36.8 Å². The van der Waals surface area contributed by atoms with E-state index in [1.807, 2.05) is 0 Å². The molecule has 0 aliphatic carbocycles. The number of rotatable bonds is 4. The molecule has 0 amide bonds. The molecule has 1 nitrogen and oxygen atoms in total. The van der Waals surface area contributed by atoms with Crippen LogP contribution in [0.1, 0.15) is 26.7 Å². The Morgan fingerprint density at radius 3 is 2.79 bits per heavy atom. The average Bonchev–Trinajstić information content (AvgIpc) is 2.10. The molecule has 78 valence electrons. The second kappa shape index (κ2) is 5.25. The molecule has 1 rings (SSSR count). The van der Waals surface area contributed by atoms with Gasteiger partial charge in [-0.15, -0.1) is 11.8 Å². The maximum Gasteiger partial charge on any atom is 0.125 e. The molecule has 3 heteroatoms. The Balaban J connectivity index is 2.67. The molecule has 1 atom stereocenters. The normalized spacial score (nSPS) is 12.8. The lowest BCUT2D eigenvalue weighted by atomic mass is 10.3. The number of benzene rings is 1. The summed E-state index contributed by atoms with van der Waals surface area (Å²) in [5, 5.41) is 0.535. The number of anilines is 1. The summed E-state index contributed by atoms with van der Waals surface area (Å²) in [6.07, 6.45) is 2.32. The molecule has 0 bridgehead atoms. The summed E-state index contributed by atoms with van der Waals surface area (Å²) in [7, 11) is 0. The van der Waals surface area contributed by atoms with Gasteiger partial charge in [0.05, 0.1) is 0 Å². The first-order chi connectivity index (χ1) is 6.63. The van der Waals surface area contributed by atoms with Gasteiger partial charge in [0.2, 0.25) is 0 Å². The van der Waals surface area contributed by atoms with Crippen molar-refractivity contribution in [1.82, 2.24) is 0 Å². The molecule has 1 aromatic carbocycles. The van der Waals surface area contributed by atoms with Crippen molar-refractivity contribution in [1.29, 1.82) is 0 Å². The van der Waals surface area contributed by atoms with Gasteiger partial charge in [-0.3, -0.25) is 0 Å². The smallest absolute Gasteiger partial charge is 0.125 e. The number of hydrogen-bond donors (Lipinski definition) is 1. The summed E-state index contributed by atoms with van der Waals surface area (Å²) in [6, 6.07) is 4.58. The Labute approximate surface area is 88.9 Å². The fraction of sp³-hybridized carbons (Fsp3) is 0.455. The van der Waals surface area contributed by atoms with Crippen LogP contribution in [0.4, 0.5) is 10.1 Å². The van der Waals surface area contributed by atoms with Gasteiger partial charge in [-0.25, -0.2) is 4.39 Å². The number of nitrogens with two attached hydrogens (primary N) is 1. The van der Waals surface area contributed by atoms with Crippen molar-refractivity contribution in [3.05, 3.63) is 24.0 Å². The monoisotopic (exact) mass is 213 g/mol. The lowest BCUT2D eigenvalue weighted by Gasteiger charge is -2.11. The van der Waals surface area contributed by atoms with E-state index in [0.717, 1.165) is 17.7 Å². The fourth-order valence-corrected chi connectivity index (χ4v) is 2.44. The number of thioether (sulfide) groups is 1. The van der Waals surface area contributed by atoms with Crippen LogP contribution in [0.2, 0.25) is 0 Å². The van der Waals surface area contributed by atoms with Crippen molar-refractivity contribution < 1.29 is 4.39 Å². The first-order valence-electron chi connectivity index (χ1n) is 4.85. The zero-order valence-corrected chi connectivity index (χ0v) is 9.40. The molecule has 0 radical (unpaired) electrons. The van der Waals surface area contributed by atoms with Crippen LogP contribution in [0.5, 0.6) is 0 Å². The van der Waals surface area contributed by atoms with Crippen molar-refractivity contribution in [2.75, 3.05) is 5.73 Å². The lowest BCUT2D eigenvalue weighted by Crippen LogP contribution is -1.97. The first-order valence-corrected chi connectivity index (χ1v) is 5.73. The maximum atomic E-state index is 12.7. The SMILES string of the molecule is CCCC(C)Sc1ccc(F)cc1N. The predicted octanol–water partition coefficient (Wildman–Crippen LogP) is 3.69. The molecular formula is C11H16FNS. The van der Waals surface area contributed by atoms with E-state index in [1.165, 1.54) is 12.1 Å². The minimum absolute atomic E-state index is 0.269. The topological polar surface area (TPSA) is 26.0 Å². The molecule has 0 saturated heterocycles. The van der Waals surface area contributed by atoms with Crippen LogP contribution in [0.25, 0.3) is 0 Å². The van der Waals surface area contributed by atoms with Crippen LogP contribution in [0.3, 0.4) is 0 Å². The Morgan fingerprint density at radius 2 is 2.21 bits per heavy atom. The van der Waals surface area contributed by atoms with Gasteiger partial charge in [0, 0.05) is 15.8 Å². The molecular weight excluding hydrogens is 197 g/mol. The molecule has 1 unspecified atom stereocenters. The van der Waals surface area contributed by atoms with Gasteiger partial charge in [0.15, 0.2) is 0 Å². The number of halogens is 1. The van der Waals surface area contributed by atoms with E-state index in [4.69, 9.17) is 5.73 Å². The van der Waals surface area contributed by atoms with Gasteiger partial charge >= 0.3 is 0 Å². The standard InChI is InChI=1S/C11H16FNS/c1-3-4-8(2)14-11-6-5-9(12)7-10(11)13/h5-8H,3-4,13H2,1-2H3. The van der Waals surface area contributed by atoms with Crippen LogP contribution in [-0.4, -0.2) is 5.25 Å². The second-order valence-electron chi connectivity index (χ2n) is 3.40. The molecule has 14 heavy (non-hydrogen) atoms. The molecule has 0 aliphatic heterocycles. The van der Waals surface area contributed by atoms with E-state index in [0.29, 0.717) is 10.9 Å². The van der Waals surface area contributed by atoms with E-state index in [2.05, 4.69) is 13.8 Å². The summed E-state index contributed by atoms with van der Waals surface area (Å²) in [6.45, 7) is 4.32. The highest BCUT2D eigenvalue weighted by Gasteiger charge is 2.06. The van der Waals surface area contributed by atoms with Crippen LogP contribution in [-0.2, 0) is 0 Å². The van der Waals surface area contributed by atoms with Crippen molar-refractivity contribution in [2.24, 2.45) is 0 Å². The van der Waals surface area contributed by atoms with Crippen molar-refractivity contribution in [3.63, 3.8) is 0 Å². The summed E-state index contributed by atoms with van der Waals surface area (Å²) in [4.78, 5) is 0.979. The largest absolute Gasteiger partial charge is 0.398 e. The molecule has 0 aliphatic rings. The van der Waals surface area contributed by atoms with Crippen molar-refractivity contribution in [3.8, 4) is 0 Å². The quantitative estimate of drug-likeness (QED) is 0.609. The van der Waals surface area contributed by atoms with E-state index >= 15 is 0 Å². The Bertz CT molecular complexity index is 301. The third-order valence-corrected chi connectivity index (χ3v) is 3.26. The van der Waals surface area contributed by atoms with Gasteiger partial charge in [0.1, 0.15) is 5.82 Å². The van der Waals surface area contributed by atoms with E-state index in [1.54, 1.807) is 17.8 Å². The maximum absolute atomic E-state index is 12.7. The Kier molecular flexibility index (Phi) is 4.26. The third kappa shape index (κ3) is 3.22. The Morgan fingerprint density at radius 1 is 1.50 bits per heavy atom. The lowest BCUT2D eigenvalue weighted by molar-refractivity contribution is 0.627. The zero-order valence-electron chi connectivity index (χ0n) is 8.59. The summed E-state index contributed by atoms with van der Waals surface area (Å²) < 4.78 is 12.7. The van der Waals surface area contributed by atoms with Gasteiger partial charge < -0.3 is 5.73 Å². The van der Waals surface area contributed by atoms with E-state index in [9.17, 15) is 4.39 Å². The molecule has 0 saturated carbocycles. The van der Waals surface area contributed by atoms with Crippen LogP contribution in [0.15, 0.2) is 23.1 Å². The van der Waals surface area contributed by atoms with Gasteiger partial charge in [-0.1, -0.05) is 20.3 Å². The fourth-order valence-electron chi connectivity index (χ4n) is 1.31. The Hall–Kier alpha value is -0.700. The third-order valence-electron chi connectivity index (χ3n) is 2.00. The predicted molar refractivity (Wildman–Crippen MR) is 61.0 cm³/mol. The minimum Gasteiger partial charge on any atom is -0.398 e. The van der Waals surface area contributed by atoms with Crippen LogP contribution in [0, 0.1) is 5.82 Å². The molecule has 2 N–H and O–H groups in total. The number of hydrogen-bond acceptors (Lipinski definition) is 2. The van der Waals surface area contributed by atoms with Crippen LogP contribution >= 0.6 is 11.8 Å². The molecule has 0 aromatic heterocycles. The molecule has 0 fully saturated rings. The van der Waals surface area contributed by atoms with Crippen molar-refractivity contribution >= 4 is 17.4 Å². The number of nitrogen functional groups attached to an aromatic ring is 1. The second-order valence-corrected chi connectivity index (χ2v) is 4.88. The summed E-state index contributed by atoms with van der Waals surface area (Å²) >= 11 is 1.71. The summed E-state index contributed by atoms with van der Waals surface area (Å²) in [5.41, 5.74) is 6.24. The molecule has 0 heterocycles. The highest BCUT2D eigenvalue weighted by atomic mass is 32.2. The average molecular weight is 213 g/mol. The zero-order chi connectivity index (χ0) is 10.6. The van der Waals surface area contributed by atoms with Gasteiger partial charge in [-0.2, -0.15) is 0 Å². The highest BCUT2D eigenvalue weighted by Crippen LogP contribution is 2.30. The minimum atomic E-state index is -0.269. The van der Waals surface area contributed by atoms with E-state index < -0.39 is 0 Å². The van der Waals surface area contributed by atoms with Crippen LogP contribution < -0.4 is 5.73 Å². The van der Waals surface area contributed by atoms with Gasteiger partial charge in [0.25, 0.3) is 0 Å². The van der Waals surface area contributed by atoms with Gasteiger partial charge in [-0.05, 0) is 24.6 Å².